The normalized spacial score (nSPS) is 11.0. The van der Waals surface area contributed by atoms with E-state index in [0.717, 1.165) is 20.6 Å². The largest absolute Gasteiger partial charge is 0.496 e. The van der Waals surface area contributed by atoms with Crippen LogP contribution in [0.4, 0.5) is 10.8 Å². The summed E-state index contributed by atoms with van der Waals surface area (Å²) in [6.45, 7) is 0. The predicted octanol–water partition coefficient (Wildman–Crippen LogP) is 7.72. The maximum Gasteiger partial charge on any atom is 0.272 e. The lowest BCUT2D eigenvalue weighted by atomic mass is 10.1. The Labute approximate surface area is 277 Å². The highest BCUT2D eigenvalue weighted by Crippen LogP contribution is 2.27. The van der Waals surface area contributed by atoms with E-state index in [9.17, 15) is 14.4 Å². The van der Waals surface area contributed by atoms with Gasteiger partial charge in [-0.3, -0.25) is 14.4 Å². The average Bonchev–Trinajstić information content (AvgIpc) is 3.52. The molecule has 5 rings (SSSR count). The summed E-state index contributed by atoms with van der Waals surface area (Å²) in [5.41, 5.74) is 3.33. The lowest BCUT2D eigenvalue weighted by molar-refractivity contribution is -0.114. The topological polar surface area (TPSA) is 109 Å². The van der Waals surface area contributed by atoms with Gasteiger partial charge in [0, 0.05) is 37.1 Å². The zero-order chi connectivity index (χ0) is 31.6. The number of hydrogen-bond donors (Lipinski definition) is 3. The molecular formula is C34H27BrN4O4S2. The molecule has 0 aliphatic carbocycles. The van der Waals surface area contributed by atoms with Crippen molar-refractivity contribution in [3.05, 3.63) is 130 Å². The first kappa shape index (κ1) is 31.7. The molecule has 0 aliphatic rings. The third kappa shape index (κ3) is 8.91. The van der Waals surface area contributed by atoms with Gasteiger partial charge < -0.3 is 20.7 Å². The van der Waals surface area contributed by atoms with Crippen molar-refractivity contribution >= 4 is 73.6 Å². The first-order valence-electron chi connectivity index (χ1n) is 13.6. The number of carbonyl (C=O) groups excluding carboxylic acids is 3. The molecule has 0 atom stereocenters. The summed E-state index contributed by atoms with van der Waals surface area (Å²) in [7, 11) is 1.54. The summed E-state index contributed by atoms with van der Waals surface area (Å²) in [5.74, 6) is -0.439. The highest BCUT2D eigenvalue weighted by atomic mass is 79.9. The molecule has 11 heteroatoms. The number of halogens is 1. The number of anilines is 2. The number of benzene rings is 4. The number of methoxy groups -OCH3 is 1. The van der Waals surface area contributed by atoms with E-state index in [4.69, 9.17) is 4.74 Å². The quantitative estimate of drug-likeness (QED) is 0.0963. The van der Waals surface area contributed by atoms with Gasteiger partial charge in [-0.15, -0.1) is 23.1 Å². The molecule has 1 heterocycles. The molecule has 4 aromatic carbocycles. The molecule has 0 saturated heterocycles. The van der Waals surface area contributed by atoms with Gasteiger partial charge in [0.25, 0.3) is 11.8 Å². The van der Waals surface area contributed by atoms with E-state index in [1.807, 2.05) is 53.9 Å². The number of para-hydroxylation sites is 1. The van der Waals surface area contributed by atoms with Crippen LogP contribution >= 0.6 is 39.0 Å². The van der Waals surface area contributed by atoms with Crippen LogP contribution in [0.2, 0.25) is 0 Å². The van der Waals surface area contributed by atoms with Crippen LogP contribution in [-0.2, 0) is 9.59 Å². The lowest BCUT2D eigenvalue weighted by Crippen LogP contribution is -2.30. The summed E-state index contributed by atoms with van der Waals surface area (Å²) in [6.07, 6.45) is 1.57. The molecule has 3 N–H and O–H groups in total. The number of thioether (sulfide) groups is 1. The Morgan fingerprint density at radius 2 is 1.67 bits per heavy atom. The number of hydrogen-bond acceptors (Lipinski definition) is 7. The molecule has 45 heavy (non-hydrogen) atoms. The monoisotopic (exact) mass is 698 g/mol. The average molecular weight is 700 g/mol. The third-order valence-corrected chi connectivity index (χ3v) is 8.60. The SMILES string of the molecule is COc1ccccc1/C=C(/NC(=O)c1ccccc1)C(=O)Nc1cccc(SCC(=O)Nc2nc(-c3ccc(Br)cc3)cs2)c1. The van der Waals surface area contributed by atoms with Crippen molar-refractivity contribution in [1.82, 2.24) is 10.3 Å². The van der Waals surface area contributed by atoms with Gasteiger partial charge in [-0.05, 0) is 54.6 Å². The second-order valence-corrected chi connectivity index (χ2v) is 12.3. The molecule has 0 fully saturated rings. The third-order valence-electron chi connectivity index (χ3n) is 6.32. The van der Waals surface area contributed by atoms with Crippen LogP contribution in [0, 0.1) is 0 Å². The second-order valence-electron chi connectivity index (χ2n) is 9.48. The molecule has 1 aromatic heterocycles. The maximum atomic E-state index is 13.5. The molecule has 3 amide bonds. The van der Waals surface area contributed by atoms with Crippen molar-refractivity contribution in [3.8, 4) is 17.0 Å². The van der Waals surface area contributed by atoms with Crippen molar-refractivity contribution in [2.24, 2.45) is 0 Å². The number of thiazole rings is 1. The minimum absolute atomic E-state index is 0.0386. The summed E-state index contributed by atoms with van der Waals surface area (Å²) in [6, 6.07) is 30.8. The van der Waals surface area contributed by atoms with E-state index in [0.29, 0.717) is 27.7 Å². The highest BCUT2D eigenvalue weighted by molar-refractivity contribution is 9.10. The van der Waals surface area contributed by atoms with Crippen LogP contribution < -0.4 is 20.7 Å². The van der Waals surface area contributed by atoms with Crippen LogP contribution in [0.25, 0.3) is 17.3 Å². The van der Waals surface area contributed by atoms with Gasteiger partial charge in [-0.2, -0.15) is 0 Å². The first-order chi connectivity index (χ1) is 21.9. The molecule has 0 saturated carbocycles. The molecule has 0 unspecified atom stereocenters. The van der Waals surface area contributed by atoms with Gasteiger partial charge in [0.2, 0.25) is 5.91 Å². The molecule has 0 radical (unpaired) electrons. The number of carbonyl (C=O) groups is 3. The Morgan fingerprint density at radius 1 is 0.911 bits per heavy atom. The fourth-order valence-electron chi connectivity index (χ4n) is 4.13. The Morgan fingerprint density at radius 3 is 2.44 bits per heavy atom. The van der Waals surface area contributed by atoms with Crippen molar-refractivity contribution in [1.29, 1.82) is 0 Å². The fraction of sp³-hybridized carbons (Fsp3) is 0.0588. The molecule has 226 valence electrons. The number of aromatic nitrogens is 1. The molecule has 5 aromatic rings. The van der Waals surface area contributed by atoms with Gasteiger partial charge in [0.05, 0.1) is 18.6 Å². The predicted molar refractivity (Wildman–Crippen MR) is 185 cm³/mol. The van der Waals surface area contributed by atoms with E-state index < -0.39 is 11.8 Å². The van der Waals surface area contributed by atoms with Gasteiger partial charge in [0.1, 0.15) is 11.4 Å². The van der Waals surface area contributed by atoms with Crippen LogP contribution in [0.5, 0.6) is 5.75 Å². The van der Waals surface area contributed by atoms with Crippen LogP contribution in [0.15, 0.2) is 124 Å². The van der Waals surface area contributed by atoms with E-state index in [1.54, 1.807) is 60.7 Å². The molecule has 0 aliphatic heterocycles. The first-order valence-corrected chi connectivity index (χ1v) is 16.3. The Hall–Kier alpha value is -4.71. The van der Waals surface area contributed by atoms with E-state index in [1.165, 1.54) is 30.2 Å². The van der Waals surface area contributed by atoms with Gasteiger partial charge >= 0.3 is 0 Å². The van der Waals surface area contributed by atoms with Crippen LogP contribution in [0.1, 0.15) is 15.9 Å². The highest BCUT2D eigenvalue weighted by Gasteiger charge is 2.17. The lowest BCUT2D eigenvalue weighted by Gasteiger charge is -2.13. The smallest absolute Gasteiger partial charge is 0.272 e. The summed E-state index contributed by atoms with van der Waals surface area (Å²) < 4.78 is 6.41. The number of ether oxygens (including phenoxy) is 1. The van der Waals surface area contributed by atoms with E-state index in [2.05, 4.69) is 36.9 Å². The van der Waals surface area contributed by atoms with Crippen molar-refractivity contribution in [2.45, 2.75) is 4.90 Å². The maximum absolute atomic E-state index is 13.5. The summed E-state index contributed by atoms with van der Waals surface area (Å²) >= 11 is 6.11. The van der Waals surface area contributed by atoms with Crippen molar-refractivity contribution < 1.29 is 19.1 Å². The molecule has 0 bridgehead atoms. The number of rotatable bonds is 11. The second kappa shape index (κ2) is 15.3. The Kier molecular flexibility index (Phi) is 10.8. The minimum Gasteiger partial charge on any atom is -0.496 e. The van der Waals surface area contributed by atoms with Gasteiger partial charge in [-0.1, -0.05) is 70.5 Å². The standard InChI is InChI=1S/C34H27BrN4O4S2/c1-43-30-13-6-5-10-24(30)18-28(37-32(41)23-8-3-2-4-9-23)33(42)36-26-11-7-12-27(19-26)44-21-31(40)39-34-38-29(20-45-34)22-14-16-25(35)17-15-22/h2-20H,21H2,1H3,(H,36,42)(H,37,41)(H,38,39,40)/b28-18+. The molecule has 8 nitrogen and oxygen atoms in total. The van der Waals surface area contributed by atoms with Crippen LogP contribution in [0.3, 0.4) is 0 Å². The zero-order valence-electron chi connectivity index (χ0n) is 24.0. The fourth-order valence-corrected chi connectivity index (χ4v) is 5.89. The van der Waals surface area contributed by atoms with Crippen molar-refractivity contribution in [3.63, 3.8) is 0 Å². The van der Waals surface area contributed by atoms with E-state index >= 15 is 0 Å². The summed E-state index contributed by atoms with van der Waals surface area (Å²) in [4.78, 5) is 44.4. The number of nitrogens with zero attached hydrogens (tertiary/aromatic N) is 1. The van der Waals surface area contributed by atoms with Crippen LogP contribution in [-0.4, -0.2) is 35.6 Å². The van der Waals surface area contributed by atoms with E-state index in [-0.39, 0.29) is 17.4 Å². The van der Waals surface area contributed by atoms with Crippen molar-refractivity contribution in [2.75, 3.05) is 23.5 Å². The zero-order valence-corrected chi connectivity index (χ0v) is 27.2. The van der Waals surface area contributed by atoms with Gasteiger partial charge in [-0.25, -0.2) is 4.98 Å². The minimum atomic E-state index is -0.518. The Bertz CT molecular complexity index is 1840. The molecule has 0 spiro atoms. The Balaban J connectivity index is 1.24. The summed E-state index contributed by atoms with van der Waals surface area (Å²) in [5, 5.41) is 10.9. The molecular weight excluding hydrogens is 672 g/mol. The number of amides is 3. The van der Waals surface area contributed by atoms with Gasteiger partial charge in [0.15, 0.2) is 5.13 Å². The number of nitrogens with one attached hydrogen (secondary N) is 3.